The van der Waals surface area contributed by atoms with Gasteiger partial charge in [0.1, 0.15) is 34.7 Å². The molecule has 0 spiro atoms. The lowest BCUT2D eigenvalue weighted by Gasteiger charge is -2.20. The van der Waals surface area contributed by atoms with E-state index in [0.29, 0.717) is 43.5 Å². The number of rotatable bonds is 7. The van der Waals surface area contributed by atoms with Gasteiger partial charge in [-0.05, 0) is 53.7 Å². The van der Waals surface area contributed by atoms with Gasteiger partial charge >= 0.3 is 18.0 Å². The molecule has 6 aromatic rings. The predicted octanol–water partition coefficient (Wildman–Crippen LogP) is 7.74. The Hall–Kier alpha value is -4.99. The predicted molar refractivity (Wildman–Crippen MR) is 192 cm³/mol. The van der Waals surface area contributed by atoms with Crippen LogP contribution in [0.4, 0.5) is 4.79 Å². The first kappa shape index (κ1) is 37.3. The van der Waals surface area contributed by atoms with Crippen LogP contribution in [0.5, 0.6) is 0 Å². The molecule has 0 saturated heterocycles. The minimum Gasteiger partial charge on any atom is -0.478 e. The van der Waals surface area contributed by atoms with E-state index < -0.39 is 29.2 Å². The zero-order valence-corrected chi connectivity index (χ0v) is 30.1. The van der Waals surface area contributed by atoms with Gasteiger partial charge < -0.3 is 24.5 Å². The van der Waals surface area contributed by atoms with Crippen molar-refractivity contribution in [2.75, 3.05) is 0 Å². The first-order valence-electron chi connectivity index (χ1n) is 15.5. The number of esters is 1. The number of nitrogens with zero attached hydrogens (tertiary/aromatic N) is 2. The number of pyridine rings is 2. The maximum atomic E-state index is 13.0. The largest absolute Gasteiger partial charge is 0.478 e. The van der Waals surface area contributed by atoms with Gasteiger partial charge in [-0.1, -0.05) is 47.5 Å². The van der Waals surface area contributed by atoms with Gasteiger partial charge in [-0.15, -0.1) is 0 Å². The topological polar surface area (TPSA) is 204 Å². The van der Waals surface area contributed by atoms with Crippen molar-refractivity contribution >= 4 is 84.6 Å². The van der Waals surface area contributed by atoms with Crippen molar-refractivity contribution in [3.8, 4) is 0 Å². The molecule has 0 fully saturated rings. The number of aromatic amines is 2. The molecule has 0 aliphatic rings. The van der Waals surface area contributed by atoms with Crippen molar-refractivity contribution in [3.05, 3.63) is 81.6 Å². The van der Waals surface area contributed by atoms with Crippen LogP contribution in [0.1, 0.15) is 73.6 Å². The van der Waals surface area contributed by atoms with E-state index in [2.05, 4.69) is 30.3 Å². The van der Waals surface area contributed by atoms with E-state index in [9.17, 15) is 19.5 Å². The molecule has 0 atom stereocenters. The van der Waals surface area contributed by atoms with Crippen LogP contribution in [-0.2, 0) is 32.4 Å². The number of aromatic nitrogens is 4. The van der Waals surface area contributed by atoms with Crippen LogP contribution >= 0.6 is 23.2 Å². The van der Waals surface area contributed by atoms with E-state index in [4.69, 9.17) is 43.4 Å². The Morgan fingerprint density at radius 1 is 0.765 bits per heavy atom. The molecular formula is C35H36Cl2N6O8. The number of carbonyl (C=O) groups excluding carboxylic acids is 2. The molecule has 0 saturated carbocycles. The van der Waals surface area contributed by atoms with Crippen molar-refractivity contribution in [1.29, 1.82) is 0 Å². The van der Waals surface area contributed by atoms with E-state index in [0.717, 1.165) is 21.5 Å². The van der Waals surface area contributed by atoms with Crippen LogP contribution in [-0.4, -0.2) is 54.3 Å². The summed E-state index contributed by atoms with van der Waals surface area (Å²) in [6.07, 6.45) is 2.76. The smallest absolute Gasteiger partial charge is 0.431 e. The second-order valence-corrected chi connectivity index (χ2v) is 14.2. The Morgan fingerprint density at radius 3 is 1.73 bits per heavy atom. The average Bonchev–Trinajstić information content (AvgIpc) is 3.58. The fourth-order valence-electron chi connectivity index (χ4n) is 5.32. The lowest BCUT2D eigenvalue weighted by molar-refractivity contribution is -0.0149. The Bertz CT molecular complexity index is 2290. The number of nitrogens with two attached hydrogens (primary N) is 1. The lowest BCUT2D eigenvalue weighted by atomic mass is 10.1. The van der Waals surface area contributed by atoms with Crippen LogP contribution in [0.3, 0.4) is 0 Å². The molecular weight excluding hydrogens is 703 g/mol. The SMILES string of the molecule is CC(C)(C)OC(=O)NOCc1nc2c(ccc3c[nH]c(Cl)cc32)c1C(=O)OC(C)(C)C.NOCc1nc2c(ccc3c[nH]c(Cl)cc32)c1C(=O)O. The molecule has 2 aromatic carbocycles. The molecule has 1 amide bonds. The van der Waals surface area contributed by atoms with Crippen molar-refractivity contribution in [1.82, 2.24) is 25.4 Å². The van der Waals surface area contributed by atoms with E-state index >= 15 is 0 Å². The third-order valence-electron chi connectivity index (χ3n) is 7.18. The van der Waals surface area contributed by atoms with Crippen molar-refractivity contribution in [2.45, 2.75) is 66.0 Å². The zero-order valence-electron chi connectivity index (χ0n) is 28.6. The minimum atomic E-state index is -1.06. The van der Waals surface area contributed by atoms with Crippen LogP contribution in [0.2, 0.25) is 10.3 Å². The van der Waals surface area contributed by atoms with Gasteiger partial charge in [0.15, 0.2) is 0 Å². The number of amides is 1. The highest BCUT2D eigenvalue weighted by atomic mass is 35.5. The van der Waals surface area contributed by atoms with Crippen LogP contribution in [0.15, 0.2) is 48.8 Å². The Morgan fingerprint density at radius 2 is 1.25 bits per heavy atom. The third kappa shape index (κ3) is 8.67. The molecule has 51 heavy (non-hydrogen) atoms. The summed E-state index contributed by atoms with van der Waals surface area (Å²) in [5.41, 5.74) is 3.03. The van der Waals surface area contributed by atoms with Crippen molar-refractivity contribution < 1.29 is 38.6 Å². The molecule has 16 heteroatoms. The molecule has 0 radical (unpaired) electrons. The Labute approximate surface area is 301 Å². The van der Waals surface area contributed by atoms with Gasteiger partial charge in [0.05, 0.1) is 33.5 Å². The van der Waals surface area contributed by atoms with Gasteiger partial charge in [-0.25, -0.2) is 30.2 Å². The van der Waals surface area contributed by atoms with Gasteiger partial charge in [-0.2, -0.15) is 5.48 Å². The van der Waals surface area contributed by atoms with E-state index in [1.165, 1.54) is 0 Å². The fraction of sp³-hybridized carbons (Fsp3) is 0.286. The normalized spacial score (nSPS) is 11.9. The van der Waals surface area contributed by atoms with Crippen LogP contribution in [0.25, 0.3) is 43.4 Å². The number of benzene rings is 2. The summed E-state index contributed by atoms with van der Waals surface area (Å²) in [6, 6.07) is 10.7. The highest BCUT2D eigenvalue weighted by Crippen LogP contribution is 2.33. The fourth-order valence-corrected chi connectivity index (χ4v) is 5.64. The summed E-state index contributed by atoms with van der Waals surface area (Å²) in [5.74, 6) is 3.44. The molecule has 14 nitrogen and oxygen atoms in total. The van der Waals surface area contributed by atoms with E-state index in [-0.39, 0.29) is 24.3 Å². The molecule has 0 unspecified atom stereocenters. The zero-order chi connectivity index (χ0) is 37.2. The molecule has 4 heterocycles. The molecule has 0 bridgehead atoms. The van der Waals surface area contributed by atoms with Crippen molar-refractivity contribution in [3.63, 3.8) is 0 Å². The maximum Gasteiger partial charge on any atom is 0.431 e. The number of carbonyl (C=O) groups is 3. The molecule has 6 N–H and O–H groups in total. The number of fused-ring (bicyclic) bond motifs is 6. The summed E-state index contributed by atoms with van der Waals surface area (Å²) in [4.78, 5) is 60.8. The third-order valence-corrected chi connectivity index (χ3v) is 7.62. The lowest BCUT2D eigenvalue weighted by Crippen LogP contribution is -2.32. The van der Waals surface area contributed by atoms with Gasteiger partial charge in [-0.3, -0.25) is 9.68 Å². The number of H-pyrrole nitrogens is 2. The van der Waals surface area contributed by atoms with E-state index in [1.54, 1.807) is 78.2 Å². The van der Waals surface area contributed by atoms with E-state index in [1.807, 2.05) is 12.1 Å². The molecule has 268 valence electrons. The Kier molecular flexibility index (Phi) is 10.7. The summed E-state index contributed by atoms with van der Waals surface area (Å²) in [6.45, 7) is 10.4. The summed E-state index contributed by atoms with van der Waals surface area (Å²) in [5, 5.41) is 14.7. The quantitative estimate of drug-likeness (QED) is 0.0609. The van der Waals surface area contributed by atoms with Crippen molar-refractivity contribution in [2.24, 2.45) is 5.90 Å². The second kappa shape index (κ2) is 14.7. The number of carboxylic acids is 1. The van der Waals surface area contributed by atoms with Gasteiger partial charge in [0.25, 0.3) is 0 Å². The van der Waals surface area contributed by atoms with Gasteiger partial charge in [0, 0.05) is 44.7 Å². The number of hydrogen-bond donors (Lipinski definition) is 5. The number of aromatic carboxylic acids is 1. The summed E-state index contributed by atoms with van der Waals surface area (Å²) >= 11 is 12.1. The van der Waals surface area contributed by atoms with Gasteiger partial charge in [0.2, 0.25) is 0 Å². The van der Waals surface area contributed by atoms with Crippen LogP contribution < -0.4 is 11.4 Å². The first-order chi connectivity index (χ1) is 24.0. The number of carboxylic acid groups (broad SMARTS) is 1. The standard InChI is InChI=1S/C22H26ClN3O5.C13H10ClN3O3/c1-21(2,3)30-19(27)17-13-8-7-12-10-24-16(23)9-14(12)18(13)25-15(17)11-29-26-20(28)31-22(4,5)6;14-10-3-8-6(4-16-10)1-2-7-11(13(18)19)9(5-20-15)17-12(7)8/h7-10,24H,11H2,1-6H3,(H,26,28);1-4,16H,5,15H2,(H,18,19). The number of nitrogens with one attached hydrogen (secondary N) is 3. The molecule has 4 aromatic heterocycles. The molecule has 0 aliphatic heterocycles. The number of halogens is 2. The number of hydrogen-bond acceptors (Lipinski definition) is 10. The average molecular weight is 740 g/mol. The summed E-state index contributed by atoms with van der Waals surface area (Å²) < 4.78 is 10.7. The highest BCUT2D eigenvalue weighted by molar-refractivity contribution is 6.31. The minimum absolute atomic E-state index is 0.0650. The monoisotopic (exact) mass is 738 g/mol. The first-order valence-corrected chi connectivity index (χ1v) is 16.3. The second-order valence-electron chi connectivity index (χ2n) is 13.4. The maximum absolute atomic E-state index is 13.0. The number of ether oxygens (including phenoxy) is 2. The number of hydroxylamine groups is 1. The summed E-state index contributed by atoms with van der Waals surface area (Å²) in [7, 11) is 0. The van der Waals surface area contributed by atoms with Crippen LogP contribution in [0, 0.1) is 0 Å². The molecule has 0 aliphatic carbocycles. The Balaban J connectivity index is 0.000000216. The molecule has 6 rings (SSSR count). The highest BCUT2D eigenvalue weighted by Gasteiger charge is 2.27.